The summed E-state index contributed by atoms with van der Waals surface area (Å²) in [5.74, 6) is 0. The molecular weight excluding hydrogens is 755 g/mol. The molecule has 0 amide bonds. The van der Waals surface area contributed by atoms with Gasteiger partial charge in [0.05, 0.1) is 17.5 Å². The van der Waals surface area contributed by atoms with Crippen molar-refractivity contribution in [1.29, 1.82) is 0 Å². The Balaban J connectivity index is 1.10. The Labute approximate surface area is 360 Å². The SMILES string of the molecule is CC(C)(C)c1ccc(Nc2cc3oc4ccccc4c3cc2-c2ccc3c4cc5c(cc4n4c3c2Bc2cc3occ(-c6ccccc6)c3cc2-4)C(C)(C)c2ccccc2-5)cc1. The molecule has 4 heterocycles. The van der Waals surface area contributed by atoms with Crippen LogP contribution in [-0.4, -0.2) is 11.8 Å². The average Bonchev–Trinajstić information content (AvgIpc) is 4.01. The maximum absolute atomic E-state index is 6.53. The maximum atomic E-state index is 6.53. The first kappa shape index (κ1) is 35.5. The molecule has 0 saturated heterocycles. The van der Waals surface area contributed by atoms with E-state index in [9.17, 15) is 0 Å². The third-order valence-electron chi connectivity index (χ3n) is 14.0. The van der Waals surface area contributed by atoms with Gasteiger partial charge in [0.25, 0.3) is 0 Å². The first-order valence-corrected chi connectivity index (χ1v) is 21.8. The molecule has 0 atom stereocenters. The fraction of sp³-hybridized carbons (Fsp3) is 0.123. The lowest BCUT2D eigenvalue weighted by molar-refractivity contribution is 0.590. The van der Waals surface area contributed by atoms with E-state index in [1.165, 1.54) is 71.8 Å². The second-order valence-corrected chi connectivity index (χ2v) is 19.0. The number of furan rings is 2. The highest BCUT2D eigenvalue weighted by atomic mass is 16.3. The van der Waals surface area contributed by atoms with Crippen LogP contribution in [0.2, 0.25) is 0 Å². The Hall–Kier alpha value is -7.24. The molecule has 0 fully saturated rings. The summed E-state index contributed by atoms with van der Waals surface area (Å²) < 4.78 is 15.5. The molecule has 0 saturated carbocycles. The number of hydrogen-bond donors (Lipinski definition) is 1. The number of nitrogens with zero attached hydrogens (tertiary/aromatic N) is 1. The lowest BCUT2D eigenvalue weighted by atomic mass is 9.59. The maximum Gasteiger partial charge on any atom is 0.198 e. The summed E-state index contributed by atoms with van der Waals surface area (Å²) in [5, 5.41) is 9.77. The Kier molecular flexibility index (Phi) is 7.12. The molecule has 1 aliphatic carbocycles. The first-order chi connectivity index (χ1) is 30.1. The van der Waals surface area contributed by atoms with Gasteiger partial charge in [-0.1, -0.05) is 137 Å². The molecule has 5 heteroatoms. The van der Waals surface area contributed by atoms with E-state index in [0.29, 0.717) is 0 Å². The minimum Gasteiger partial charge on any atom is -0.464 e. The Morgan fingerprint density at radius 2 is 1.34 bits per heavy atom. The van der Waals surface area contributed by atoms with Gasteiger partial charge < -0.3 is 18.7 Å². The summed E-state index contributed by atoms with van der Waals surface area (Å²) in [5.41, 5.74) is 22.2. The van der Waals surface area contributed by atoms with Gasteiger partial charge >= 0.3 is 0 Å². The van der Waals surface area contributed by atoms with Crippen molar-refractivity contribution in [1.82, 2.24) is 4.57 Å². The summed E-state index contributed by atoms with van der Waals surface area (Å²) in [7, 11) is 0.758. The normalized spacial score (nSPS) is 13.8. The molecule has 3 aromatic heterocycles. The Bertz CT molecular complexity index is 3690. The monoisotopic (exact) mass is 798 g/mol. The Morgan fingerprint density at radius 1 is 0.565 bits per heavy atom. The fourth-order valence-corrected chi connectivity index (χ4v) is 10.8. The highest BCUT2D eigenvalue weighted by Gasteiger charge is 2.37. The van der Waals surface area contributed by atoms with Crippen LogP contribution in [0, 0.1) is 0 Å². The number of aromatic nitrogens is 1. The van der Waals surface area contributed by atoms with Crippen molar-refractivity contribution in [3.8, 4) is 39.1 Å². The van der Waals surface area contributed by atoms with E-state index in [1.807, 2.05) is 12.3 Å². The number of para-hydroxylation sites is 1. The van der Waals surface area contributed by atoms with Crippen molar-refractivity contribution >= 4 is 84.3 Å². The molecule has 0 unspecified atom stereocenters. The van der Waals surface area contributed by atoms with E-state index in [1.54, 1.807) is 0 Å². The lowest BCUT2D eigenvalue weighted by Gasteiger charge is -2.25. The highest BCUT2D eigenvalue weighted by molar-refractivity contribution is 6.73. The molecule has 62 heavy (non-hydrogen) atoms. The molecular formula is C57H43BN2O2. The van der Waals surface area contributed by atoms with Crippen LogP contribution in [0.4, 0.5) is 11.4 Å². The number of rotatable bonds is 4. The van der Waals surface area contributed by atoms with Gasteiger partial charge in [-0.3, -0.25) is 0 Å². The topological polar surface area (TPSA) is 43.2 Å². The minimum atomic E-state index is -0.133. The molecule has 4 nitrogen and oxygen atoms in total. The average molecular weight is 799 g/mol. The van der Waals surface area contributed by atoms with Crippen molar-refractivity contribution in [2.24, 2.45) is 0 Å². The number of anilines is 2. The second-order valence-electron chi connectivity index (χ2n) is 19.0. The molecule has 296 valence electrons. The van der Waals surface area contributed by atoms with E-state index in [0.717, 1.165) is 68.3 Å². The number of nitrogens with one attached hydrogen (secondary N) is 1. The van der Waals surface area contributed by atoms with Gasteiger partial charge in [0.2, 0.25) is 0 Å². The Morgan fingerprint density at radius 3 is 2.18 bits per heavy atom. The third kappa shape index (κ3) is 4.96. The summed E-state index contributed by atoms with van der Waals surface area (Å²) in [4.78, 5) is 0. The summed E-state index contributed by atoms with van der Waals surface area (Å²) in [6, 6.07) is 55.8. The molecule has 1 aliphatic heterocycles. The van der Waals surface area contributed by atoms with Crippen LogP contribution in [0.5, 0.6) is 0 Å². The number of hydrogen-bond acceptors (Lipinski definition) is 3. The van der Waals surface area contributed by atoms with E-state index in [-0.39, 0.29) is 10.8 Å². The molecule has 2 aliphatic rings. The minimum absolute atomic E-state index is 0.0628. The summed E-state index contributed by atoms with van der Waals surface area (Å²) >= 11 is 0. The van der Waals surface area contributed by atoms with Gasteiger partial charge in [-0.25, -0.2) is 0 Å². The van der Waals surface area contributed by atoms with Crippen LogP contribution in [0.1, 0.15) is 51.3 Å². The van der Waals surface area contributed by atoms with Crippen LogP contribution < -0.4 is 16.2 Å². The predicted molar refractivity (Wildman–Crippen MR) is 261 cm³/mol. The van der Waals surface area contributed by atoms with Gasteiger partial charge in [0.15, 0.2) is 7.28 Å². The molecule has 0 spiro atoms. The van der Waals surface area contributed by atoms with Gasteiger partial charge in [0, 0.05) is 66.4 Å². The van der Waals surface area contributed by atoms with E-state index < -0.39 is 0 Å². The standard InChI is InChI=1S/C57H43BN2O2/c1-56(2,3)33-19-21-34(22-20-33)59-48-30-53-42(36-16-10-12-18-51(36)62-53)26-40(48)37-23-24-38-41-25-39-35-15-9-11-17-45(35)57(4,5)46(39)28-49(41)60-50-27-43-44(32-13-7-6-8-14-32)31-61-52(43)29-47(50)58-54(37)55(38)60/h6-31,58-59H,1-5H3. The fourth-order valence-electron chi connectivity index (χ4n) is 10.8. The largest absolute Gasteiger partial charge is 0.464 e. The van der Waals surface area contributed by atoms with Crippen molar-refractivity contribution < 1.29 is 8.83 Å². The molecule has 13 rings (SSSR count). The summed E-state index contributed by atoms with van der Waals surface area (Å²) in [6.07, 6.45) is 1.93. The van der Waals surface area contributed by atoms with Crippen LogP contribution in [0.15, 0.2) is 167 Å². The predicted octanol–water partition coefficient (Wildman–Crippen LogP) is 13.8. The van der Waals surface area contributed by atoms with Crippen LogP contribution in [-0.2, 0) is 10.8 Å². The van der Waals surface area contributed by atoms with Crippen molar-refractivity contribution in [2.45, 2.75) is 45.4 Å². The molecule has 11 aromatic rings. The highest BCUT2D eigenvalue weighted by Crippen LogP contribution is 2.51. The molecule has 8 aromatic carbocycles. The van der Waals surface area contributed by atoms with Gasteiger partial charge in [-0.2, -0.15) is 0 Å². The first-order valence-electron chi connectivity index (χ1n) is 21.8. The van der Waals surface area contributed by atoms with Crippen molar-refractivity contribution in [3.63, 3.8) is 0 Å². The van der Waals surface area contributed by atoms with Crippen LogP contribution >= 0.6 is 0 Å². The van der Waals surface area contributed by atoms with Gasteiger partial charge in [-0.15, -0.1) is 0 Å². The smallest absolute Gasteiger partial charge is 0.198 e. The van der Waals surface area contributed by atoms with Crippen molar-refractivity contribution in [3.05, 3.63) is 175 Å². The second kappa shape index (κ2) is 12.4. The van der Waals surface area contributed by atoms with E-state index in [4.69, 9.17) is 8.83 Å². The zero-order valence-corrected chi connectivity index (χ0v) is 35.5. The quantitative estimate of drug-likeness (QED) is 0.180. The van der Waals surface area contributed by atoms with Crippen molar-refractivity contribution in [2.75, 3.05) is 5.32 Å². The summed E-state index contributed by atoms with van der Waals surface area (Å²) in [6.45, 7) is 11.5. The lowest BCUT2D eigenvalue weighted by Crippen LogP contribution is -2.37. The molecule has 0 bridgehead atoms. The number of benzene rings is 8. The van der Waals surface area contributed by atoms with E-state index >= 15 is 0 Å². The molecule has 1 N–H and O–H groups in total. The zero-order chi connectivity index (χ0) is 41.6. The van der Waals surface area contributed by atoms with Crippen LogP contribution in [0.3, 0.4) is 0 Å². The zero-order valence-electron chi connectivity index (χ0n) is 35.5. The van der Waals surface area contributed by atoms with E-state index in [2.05, 4.69) is 190 Å². The third-order valence-corrected chi connectivity index (χ3v) is 14.0. The number of fused-ring (bicyclic) bond motifs is 12. The van der Waals surface area contributed by atoms with Crippen LogP contribution in [0.25, 0.3) is 93.8 Å². The molecule has 0 radical (unpaired) electrons. The van der Waals surface area contributed by atoms with Gasteiger partial charge in [-0.05, 0) is 98.4 Å². The van der Waals surface area contributed by atoms with Gasteiger partial charge in [0.1, 0.15) is 16.7 Å².